The number of rotatable bonds is 6. The van der Waals surface area contributed by atoms with E-state index in [0.717, 1.165) is 0 Å². The van der Waals surface area contributed by atoms with Gasteiger partial charge in [-0.15, -0.1) is 0 Å². The molecule has 5 aliphatic rings. The number of aliphatic hydroxyl groups excluding tert-OH is 3. The van der Waals surface area contributed by atoms with Crippen LogP contribution in [0.15, 0.2) is 18.2 Å². The highest BCUT2D eigenvalue weighted by Crippen LogP contribution is 2.46. The quantitative estimate of drug-likeness (QED) is 0.247. The van der Waals surface area contributed by atoms with Crippen LogP contribution >= 0.6 is 0 Å². The average Bonchev–Trinajstić information content (AvgIpc) is 3.08. The van der Waals surface area contributed by atoms with Crippen molar-refractivity contribution in [3.8, 4) is 11.5 Å². The lowest BCUT2D eigenvalue weighted by atomic mass is 9.72. The van der Waals surface area contributed by atoms with Crippen molar-refractivity contribution in [3.63, 3.8) is 0 Å². The summed E-state index contributed by atoms with van der Waals surface area (Å²) < 4.78 is 35.8. The number of phenols is 1. The molecule has 0 amide bonds. The predicted octanol–water partition coefficient (Wildman–Crippen LogP) is 2.42. The standard InChI is InChI=1S/C38H46O14/c1-15-24(51-29-11-22(39)33(41)16(2)50-29)8-9-28(49-15)52-27-12-26(48-17(3)34(27)42)18-6-7-19-32(35(18)43)37(45)20-10-25(47-5)21-13-38(4,46)14-23(40)30(21)31(20)36(19)44/h6-7,10,15-17,22,24,26-29,33-34,39,41-43,46H,8-9,11-14H2,1-5H3. The minimum absolute atomic E-state index is 0.0551. The number of ether oxygens (including phenoxy) is 6. The molecule has 12 atom stereocenters. The smallest absolute Gasteiger partial charge is 0.198 e. The van der Waals surface area contributed by atoms with Crippen molar-refractivity contribution in [1.82, 2.24) is 0 Å². The zero-order chi connectivity index (χ0) is 37.4. The summed E-state index contributed by atoms with van der Waals surface area (Å²) in [5, 5.41) is 53.5. The molecule has 52 heavy (non-hydrogen) atoms. The van der Waals surface area contributed by atoms with Crippen molar-refractivity contribution in [2.24, 2.45) is 0 Å². The number of phenolic OH excluding ortho intramolecular Hbond substituents is 1. The van der Waals surface area contributed by atoms with Crippen LogP contribution in [0.1, 0.15) is 119 Å². The number of hydrogen-bond donors (Lipinski definition) is 5. The Morgan fingerprint density at radius 3 is 2.13 bits per heavy atom. The Kier molecular flexibility index (Phi) is 9.85. The highest BCUT2D eigenvalue weighted by atomic mass is 16.7. The van der Waals surface area contributed by atoms with E-state index in [0.29, 0.717) is 18.4 Å². The summed E-state index contributed by atoms with van der Waals surface area (Å²) in [6.07, 6.45) is -7.08. The highest BCUT2D eigenvalue weighted by molar-refractivity contribution is 6.32. The van der Waals surface area contributed by atoms with E-state index in [1.54, 1.807) is 13.8 Å². The van der Waals surface area contributed by atoms with E-state index < -0.39 is 90.1 Å². The normalized spacial score (nSPS) is 37.6. The molecular formula is C38H46O14. The molecule has 14 heteroatoms. The largest absolute Gasteiger partial charge is 0.507 e. The summed E-state index contributed by atoms with van der Waals surface area (Å²) >= 11 is 0. The van der Waals surface area contributed by atoms with E-state index in [1.807, 2.05) is 6.92 Å². The number of fused-ring (bicyclic) bond motifs is 4. The molecule has 12 unspecified atom stereocenters. The second-order valence-corrected chi connectivity index (χ2v) is 15.0. The van der Waals surface area contributed by atoms with Crippen LogP contribution in [0.5, 0.6) is 11.5 Å². The van der Waals surface area contributed by atoms with Crippen LogP contribution in [0.3, 0.4) is 0 Å². The Morgan fingerprint density at radius 2 is 1.44 bits per heavy atom. The van der Waals surface area contributed by atoms with Crippen LogP contribution in [0.25, 0.3) is 0 Å². The maximum atomic E-state index is 14.1. The van der Waals surface area contributed by atoms with E-state index in [1.165, 1.54) is 32.2 Å². The highest BCUT2D eigenvalue weighted by Gasteiger charge is 2.46. The molecule has 7 rings (SSSR count). The summed E-state index contributed by atoms with van der Waals surface area (Å²) in [5.74, 6) is -1.99. The lowest BCUT2D eigenvalue weighted by molar-refractivity contribution is -0.306. The first-order valence-corrected chi connectivity index (χ1v) is 17.8. The molecule has 14 nitrogen and oxygen atoms in total. The van der Waals surface area contributed by atoms with Gasteiger partial charge in [-0.1, -0.05) is 6.07 Å². The summed E-state index contributed by atoms with van der Waals surface area (Å²) in [7, 11) is 1.37. The SMILES string of the molecule is COc1cc2c(c3c1CC(C)(O)CC3=O)C(=O)c1ccc(C3CC(OC4CCC(OC5CC(O)C(O)C(C)O5)C(C)O4)C(O)C(C)O3)c(O)c1C2=O. The second kappa shape index (κ2) is 13.8. The molecular weight excluding hydrogens is 680 g/mol. The zero-order valence-electron chi connectivity index (χ0n) is 29.7. The molecule has 0 bridgehead atoms. The average molecular weight is 727 g/mol. The van der Waals surface area contributed by atoms with E-state index in [9.17, 15) is 39.9 Å². The van der Waals surface area contributed by atoms with Crippen LogP contribution in [0.4, 0.5) is 0 Å². The summed E-state index contributed by atoms with van der Waals surface area (Å²) in [6.45, 7) is 6.69. The van der Waals surface area contributed by atoms with Crippen molar-refractivity contribution in [1.29, 1.82) is 0 Å². The van der Waals surface area contributed by atoms with Gasteiger partial charge in [-0.25, -0.2) is 0 Å². The van der Waals surface area contributed by atoms with Gasteiger partial charge in [0.25, 0.3) is 0 Å². The lowest BCUT2D eigenvalue weighted by Gasteiger charge is -2.43. The van der Waals surface area contributed by atoms with Crippen molar-refractivity contribution >= 4 is 17.3 Å². The van der Waals surface area contributed by atoms with Crippen LogP contribution in [-0.2, 0) is 30.1 Å². The van der Waals surface area contributed by atoms with Gasteiger partial charge in [0, 0.05) is 65.5 Å². The molecule has 3 fully saturated rings. The maximum absolute atomic E-state index is 14.1. The van der Waals surface area contributed by atoms with E-state index in [2.05, 4.69) is 0 Å². The first-order chi connectivity index (χ1) is 24.6. The molecule has 3 saturated heterocycles. The van der Waals surface area contributed by atoms with Gasteiger partial charge in [0.1, 0.15) is 23.7 Å². The minimum atomic E-state index is -1.34. The van der Waals surface area contributed by atoms with Crippen molar-refractivity contribution in [2.75, 3.05) is 7.11 Å². The molecule has 0 aromatic heterocycles. The number of carbonyl (C=O) groups excluding carboxylic acids is 3. The van der Waals surface area contributed by atoms with Gasteiger partial charge < -0.3 is 54.0 Å². The summed E-state index contributed by atoms with van der Waals surface area (Å²) in [5.41, 5.74) is -1.12. The molecule has 0 radical (unpaired) electrons. The van der Waals surface area contributed by atoms with Crippen LogP contribution < -0.4 is 4.74 Å². The third-order valence-corrected chi connectivity index (χ3v) is 11.1. The Morgan fingerprint density at radius 1 is 0.769 bits per heavy atom. The van der Waals surface area contributed by atoms with Gasteiger partial charge in [0.15, 0.2) is 29.9 Å². The number of aliphatic hydroxyl groups is 4. The molecule has 3 heterocycles. The zero-order valence-corrected chi connectivity index (χ0v) is 29.7. The van der Waals surface area contributed by atoms with Gasteiger partial charge in [0.05, 0.1) is 61.0 Å². The maximum Gasteiger partial charge on any atom is 0.198 e. The fraction of sp³-hybridized carbons (Fsp3) is 0.605. The van der Waals surface area contributed by atoms with Gasteiger partial charge in [0.2, 0.25) is 0 Å². The molecule has 2 aliphatic carbocycles. The van der Waals surface area contributed by atoms with Gasteiger partial charge in [-0.05, 0) is 46.2 Å². The molecule has 2 aromatic rings. The molecule has 0 spiro atoms. The fourth-order valence-corrected chi connectivity index (χ4v) is 8.31. The molecule has 3 aliphatic heterocycles. The molecule has 0 saturated carbocycles. The van der Waals surface area contributed by atoms with Crippen molar-refractivity contribution in [3.05, 3.63) is 57.1 Å². The van der Waals surface area contributed by atoms with Gasteiger partial charge >= 0.3 is 0 Å². The monoisotopic (exact) mass is 726 g/mol. The number of aromatic hydroxyl groups is 1. The second-order valence-electron chi connectivity index (χ2n) is 15.0. The Labute approximate surface area is 300 Å². The minimum Gasteiger partial charge on any atom is -0.507 e. The number of carbonyl (C=O) groups is 3. The Hall–Kier alpha value is -3.31. The van der Waals surface area contributed by atoms with Gasteiger partial charge in [-0.2, -0.15) is 0 Å². The van der Waals surface area contributed by atoms with Crippen molar-refractivity contribution < 1.29 is 68.3 Å². The van der Waals surface area contributed by atoms with Crippen molar-refractivity contribution in [2.45, 2.75) is 139 Å². The van der Waals surface area contributed by atoms with E-state index in [4.69, 9.17) is 28.4 Å². The molecule has 282 valence electrons. The first-order valence-electron chi connectivity index (χ1n) is 17.8. The number of benzene rings is 2. The lowest BCUT2D eigenvalue weighted by Crippen LogP contribution is -2.51. The van der Waals surface area contributed by atoms with E-state index >= 15 is 0 Å². The van der Waals surface area contributed by atoms with E-state index in [-0.39, 0.29) is 70.9 Å². The van der Waals surface area contributed by atoms with Crippen LogP contribution in [0.2, 0.25) is 0 Å². The Bertz CT molecular complexity index is 1760. The fourth-order valence-electron chi connectivity index (χ4n) is 8.31. The first kappa shape index (κ1) is 37.0. The van der Waals surface area contributed by atoms with Gasteiger partial charge in [-0.3, -0.25) is 14.4 Å². The van der Waals surface area contributed by atoms with Crippen LogP contribution in [0, 0.1) is 0 Å². The number of ketones is 3. The third-order valence-electron chi connectivity index (χ3n) is 11.1. The number of methoxy groups -OCH3 is 1. The predicted molar refractivity (Wildman–Crippen MR) is 179 cm³/mol. The molecule has 5 N–H and O–H groups in total. The Balaban J connectivity index is 1.09. The summed E-state index contributed by atoms with van der Waals surface area (Å²) in [4.78, 5) is 41.4. The summed E-state index contributed by atoms with van der Waals surface area (Å²) in [6, 6.07) is 4.32. The number of Topliss-reactive ketones (excluding diaryl/α,β-unsaturated/α-hetero) is 1. The number of hydrogen-bond acceptors (Lipinski definition) is 14. The van der Waals surface area contributed by atoms with Crippen LogP contribution in [-0.4, -0.2) is 117 Å². The topological polar surface area (TPSA) is 208 Å². The molecule has 2 aromatic carbocycles. The third kappa shape index (κ3) is 6.48.